The fourth-order valence-electron chi connectivity index (χ4n) is 1.32. The average molecular weight is 332 g/mol. The van der Waals surface area contributed by atoms with Crippen molar-refractivity contribution in [3.05, 3.63) is 51.3 Å². The zero-order chi connectivity index (χ0) is 13.1. The van der Waals surface area contributed by atoms with Crippen molar-refractivity contribution >= 4 is 33.3 Å². The summed E-state index contributed by atoms with van der Waals surface area (Å²) in [4.78, 5) is 4.06. The summed E-state index contributed by atoms with van der Waals surface area (Å²) in [7, 11) is 0. The number of pyridine rings is 1. The molecule has 18 heavy (non-hydrogen) atoms. The molecule has 0 saturated carbocycles. The largest absolute Gasteiger partial charge is 0.487 e. The predicted molar refractivity (Wildman–Crippen MR) is 72.1 cm³/mol. The van der Waals surface area contributed by atoms with Crippen LogP contribution in [-0.4, -0.2) is 4.98 Å². The molecule has 0 aliphatic carbocycles. The maximum absolute atomic E-state index is 13.0. The second kappa shape index (κ2) is 5.54. The molecule has 0 saturated heterocycles. The van der Waals surface area contributed by atoms with Crippen molar-refractivity contribution in [3.8, 4) is 5.75 Å². The minimum Gasteiger partial charge on any atom is -0.487 e. The molecule has 0 aliphatic rings. The number of halogens is 3. The lowest BCUT2D eigenvalue weighted by molar-refractivity contribution is 0.301. The van der Waals surface area contributed by atoms with Crippen molar-refractivity contribution in [1.29, 1.82) is 0 Å². The second-order valence-electron chi connectivity index (χ2n) is 3.53. The summed E-state index contributed by atoms with van der Waals surface area (Å²) in [6.07, 6.45) is 0. The van der Waals surface area contributed by atoms with Crippen LogP contribution >= 0.6 is 27.5 Å². The molecular formula is C12H9BrClFN2O. The van der Waals surface area contributed by atoms with E-state index in [0.29, 0.717) is 26.8 Å². The quantitative estimate of drug-likeness (QED) is 0.930. The Kier molecular flexibility index (Phi) is 4.04. The fraction of sp³-hybridized carbons (Fsp3) is 0.0833. The smallest absolute Gasteiger partial charge is 0.137 e. The van der Waals surface area contributed by atoms with Gasteiger partial charge in [-0.15, -0.1) is 0 Å². The van der Waals surface area contributed by atoms with Gasteiger partial charge < -0.3 is 10.5 Å². The Morgan fingerprint density at radius 2 is 2.11 bits per heavy atom. The maximum Gasteiger partial charge on any atom is 0.137 e. The van der Waals surface area contributed by atoms with Gasteiger partial charge in [0.25, 0.3) is 0 Å². The van der Waals surface area contributed by atoms with Crippen LogP contribution in [0.25, 0.3) is 0 Å². The van der Waals surface area contributed by atoms with E-state index in [9.17, 15) is 4.39 Å². The van der Waals surface area contributed by atoms with Gasteiger partial charge in [0, 0.05) is 0 Å². The molecule has 0 spiro atoms. The average Bonchev–Trinajstić information content (AvgIpc) is 2.34. The Morgan fingerprint density at radius 3 is 2.83 bits per heavy atom. The molecule has 94 valence electrons. The number of nitrogens with zero attached hydrogens (tertiary/aromatic N) is 1. The Morgan fingerprint density at radius 1 is 1.33 bits per heavy atom. The van der Waals surface area contributed by atoms with Crippen LogP contribution in [0.5, 0.6) is 5.75 Å². The molecule has 2 rings (SSSR count). The predicted octanol–water partition coefficient (Wildman–Crippen LogP) is 3.80. The lowest BCUT2D eigenvalue weighted by Gasteiger charge is -2.08. The number of rotatable bonds is 3. The van der Waals surface area contributed by atoms with E-state index in [-0.39, 0.29) is 12.4 Å². The molecule has 0 fully saturated rings. The third-order valence-corrected chi connectivity index (χ3v) is 3.16. The molecule has 2 aromatic rings. The Hall–Kier alpha value is -1.33. The number of benzene rings is 1. The standard InChI is InChI=1S/C12H9BrClFN2O/c13-8-5-7(1-3-10(8)15)18-6-11-9(14)2-4-12(16)17-11/h1-5H,6H2,(H2,16,17). The molecule has 2 N–H and O–H groups in total. The van der Waals surface area contributed by atoms with Crippen LogP contribution in [0.15, 0.2) is 34.8 Å². The summed E-state index contributed by atoms with van der Waals surface area (Å²) in [5.41, 5.74) is 6.10. The third kappa shape index (κ3) is 3.11. The van der Waals surface area contributed by atoms with Crippen molar-refractivity contribution < 1.29 is 9.13 Å². The Balaban J connectivity index is 2.11. The molecule has 0 unspecified atom stereocenters. The molecule has 6 heteroatoms. The second-order valence-corrected chi connectivity index (χ2v) is 4.79. The van der Waals surface area contributed by atoms with Gasteiger partial charge in [0.05, 0.1) is 15.2 Å². The number of aromatic nitrogens is 1. The van der Waals surface area contributed by atoms with E-state index in [2.05, 4.69) is 20.9 Å². The maximum atomic E-state index is 13.0. The van der Waals surface area contributed by atoms with E-state index >= 15 is 0 Å². The fourth-order valence-corrected chi connectivity index (χ4v) is 1.84. The summed E-state index contributed by atoms with van der Waals surface area (Å²) < 4.78 is 18.8. The van der Waals surface area contributed by atoms with Crippen molar-refractivity contribution in [2.24, 2.45) is 0 Å². The van der Waals surface area contributed by atoms with E-state index in [1.165, 1.54) is 18.2 Å². The molecule has 3 nitrogen and oxygen atoms in total. The van der Waals surface area contributed by atoms with Gasteiger partial charge in [0.1, 0.15) is 24.0 Å². The van der Waals surface area contributed by atoms with E-state index in [4.69, 9.17) is 22.1 Å². The zero-order valence-electron chi connectivity index (χ0n) is 9.16. The van der Waals surface area contributed by atoms with Crippen LogP contribution in [-0.2, 0) is 6.61 Å². The lowest BCUT2D eigenvalue weighted by Crippen LogP contribution is -2.02. The summed E-state index contributed by atoms with van der Waals surface area (Å²) >= 11 is 9.03. The van der Waals surface area contributed by atoms with Crippen LogP contribution in [0.1, 0.15) is 5.69 Å². The molecule has 0 aliphatic heterocycles. The molecular weight excluding hydrogens is 322 g/mol. The van der Waals surface area contributed by atoms with Crippen molar-refractivity contribution in [2.45, 2.75) is 6.61 Å². The third-order valence-electron chi connectivity index (χ3n) is 2.21. The minimum atomic E-state index is -0.345. The number of nitrogens with two attached hydrogens (primary N) is 1. The number of ether oxygens (including phenoxy) is 1. The SMILES string of the molecule is Nc1ccc(Cl)c(COc2ccc(F)c(Br)c2)n1. The highest BCUT2D eigenvalue weighted by Gasteiger charge is 2.05. The van der Waals surface area contributed by atoms with Gasteiger partial charge in [-0.25, -0.2) is 9.37 Å². The summed E-state index contributed by atoms with van der Waals surface area (Å²) in [6, 6.07) is 7.65. The van der Waals surface area contributed by atoms with Gasteiger partial charge in [0.15, 0.2) is 0 Å². The lowest BCUT2D eigenvalue weighted by atomic mass is 10.3. The molecule has 0 atom stereocenters. The van der Waals surface area contributed by atoms with Gasteiger partial charge >= 0.3 is 0 Å². The van der Waals surface area contributed by atoms with Gasteiger partial charge in [-0.1, -0.05) is 11.6 Å². The first-order valence-electron chi connectivity index (χ1n) is 5.05. The van der Waals surface area contributed by atoms with E-state index in [1.807, 2.05) is 0 Å². The summed E-state index contributed by atoms with van der Waals surface area (Å²) in [6.45, 7) is 0.169. The summed E-state index contributed by atoms with van der Waals surface area (Å²) in [5, 5.41) is 0.477. The first kappa shape index (κ1) is 13.1. The van der Waals surface area contributed by atoms with Gasteiger partial charge in [-0.05, 0) is 46.3 Å². The number of anilines is 1. The van der Waals surface area contributed by atoms with Crippen LogP contribution in [0.4, 0.5) is 10.2 Å². The highest BCUT2D eigenvalue weighted by molar-refractivity contribution is 9.10. The normalized spacial score (nSPS) is 10.4. The number of nitrogen functional groups attached to an aromatic ring is 1. The Labute approximate surface area is 117 Å². The first-order chi connectivity index (χ1) is 8.56. The van der Waals surface area contributed by atoms with E-state index in [1.54, 1.807) is 12.1 Å². The van der Waals surface area contributed by atoms with Crippen LogP contribution in [0.2, 0.25) is 5.02 Å². The highest BCUT2D eigenvalue weighted by Crippen LogP contribution is 2.23. The van der Waals surface area contributed by atoms with Gasteiger partial charge in [-0.2, -0.15) is 0 Å². The van der Waals surface area contributed by atoms with Crippen LogP contribution in [0, 0.1) is 5.82 Å². The van der Waals surface area contributed by atoms with E-state index in [0.717, 1.165) is 0 Å². The first-order valence-corrected chi connectivity index (χ1v) is 6.22. The van der Waals surface area contributed by atoms with E-state index < -0.39 is 0 Å². The van der Waals surface area contributed by atoms with Crippen LogP contribution in [0.3, 0.4) is 0 Å². The monoisotopic (exact) mass is 330 g/mol. The molecule has 1 aromatic carbocycles. The van der Waals surface area contributed by atoms with Gasteiger partial charge in [0.2, 0.25) is 0 Å². The molecule has 0 radical (unpaired) electrons. The molecule has 0 bridgehead atoms. The minimum absolute atomic E-state index is 0.169. The molecule has 0 amide bonds. The van der Waals surface area contributed by atoms with Crippen molar-refractivity contribution in [3.63, 3.8) is 0 Å². The molecule has 1 aromatic heterocycles. The summed E-state index contributed by atoms with van der Waals surface area (Å²) in [5.74, 6) is 0.546. The highest BCUT2D eigenvalue weighted by atomic mass is 79.9. The van der Waals surface area contributed by atoms with Crippen LogP contribution < -0.4 is 10.5 Å². The van der Waals surface area contributed by atoms with Crippen molar-refractivity contribution in [1.82, 2.24) is 4.98 Å². The Bertz CT molecular complexity index is 580. The van der Waals surface area contributed by atoms with Crippen molar-refractivity contribution in [2.75, 3.05) is 5.73 Å². The number of hydrogen-bond donors (Lipinski definition) is 1. The number of hydrogen-bond acceptors (Lipinski definition) is 3. The molecule has 1 heterocycles. The zero-order valence-corrected chi connectivity index (χ0v) is 11.5. The topological polar surface area (TPSA) is 48.1 Å². The van der Waals surface area contributed by atoms with Gasteiger partial charge in [-0.3, -0.25) is 0 Å².